The molecule has 34 heavy (non-hydrogen) atoms. The maximum atomic E-state index is 12.6. The third-order valence-electron chi connectivity index (χ3n) is 5.15. The minimum Gasteiger partial charge on any atom is -0.491 e. The van der Waals surface area contributed by atoms with Crippen molar-refractivity contribution in [3.63, 3.8) is 0 Å². The summed E-state index contributed by atoms with van der Waals surface area (Å²) in [4.78, 5) is 37.2. The second-order valence-electron chi connectivity index (χ2n) is 7.42. The molecule has 2 aromatic heterocycles. The number of hydrogen-bond acceptors (Lipinski definition) is 7. The zero-order valence-corrected chi connectivity index (χ0v) is 19.3. The summed E-state index contributed by atoms with van der Waals surface area (Å²) in [6.45, 7) is 6.80. The van der Waals surface area contributed by atoms with Crippen LogP contribution in [0.1, 0.15) is 13.8 Å². The number of benzene rings is 1. The van der Waals surface area contributed by atoms with Crippen molar-refractivity contribution in [1.82, 2.24) is 14.5 Å². The largest absolute Gasteiger partial charge is 0.491 e. The van der Waals surface area contributed by atoms with E-state index in [9.17, 15) is 9.90 Å². The van der Waals surface area contributed by atoms with E-state index in [1.54, 1.807) is 29.9 Å². The lowest BCUT2D eigenvalue weighted by Gasteiger charge is -2.22. The van der Waals surface area contributed by atoms with Crippen LogP contribution in [0.4, 0.5) is 0 Å². The molecule has 3 rings (SSSR count). The van der Waals surface area contributed by atoms with Gasteiger partial charge < -0.3 is 29.5 Å². The number of rotatable bonds is 8. The summed E-state index contributed by atoms with van der Waals surface area (Å²) in [7, 11) is 1.76. The number of fused-ring (bicyclic) bond motifs is 1. The van der Waals surface area contributed by atoms with Crippen molar-refractivity contribution < 1.29 is 29.6 Å². The number of aliphatic carboxylic acids is 2. The maximum Gasteiger partial charge on any atom is 0.414 e. The van der Waals surface area contributed by atoms with E-state index in [-0.39, 0.29) is 12.2 Å². The van der Waals surface area contributed by atoms with Gasteiger partial charge in [0.15, 0.2) is 0 Å². The van der Waals surface area contributed by atoms with Gasteiger partial charge in [-0.2, -0.15) is 0 Å². The zero-order chi connectivity index (χ0) is 25.3. The predicted octanol–water partition coefficient (Wildman–Crippen LogP) is 1.84. The molecule has 182 valence electrons. The van der Waals surface area contributed by atoms with E-state index >= 15 is 0 Å². The highest BCUT2D eigenvalue weighted by Gasteiger charge is 2.11. The highest BCUT2D eigenvalue weighted by atomic mass is 16.5. The smallest absolute Gasteiger partial charge is 0.414 e. The third-order valence-corrected chi connectivity index (χ3v) is 5.15. The van der Waals surface area contributed by atoms with Crippen LogP contribution in [0.2, 0.25) is 0 Å². The van der Waals surface area contributed by atoms with Crippen LogP contribution in [0.3, 0.4) is 0 Å². The first-order valence-electron chi connectivity index (χ1n) is 10.7. The van der Waals surface area contributed by atoms with Gasteiger partial charge in [-0.1, -0.05) is 13.8 Å². The Labute approximate surface area is 196 Å². The van der Waals surface area contributed by atoms with Gasteiger partial charge in [0.05, 0.1) is 16.6 Å². The molecule has 1 atom stereocenters. The first-order valence-corrected chi connectivity index (χ1v) is 10.7. The standard InChI is InChI=1S/C22H27N3O3.C2H2O4/c1-4-25(5-2)14-17(26)15-28-18-10-8-16(9-11-18)21-13-20-19(7-6-12-23-20)22(27)24(21)3;3-1(4)2(5)6/h6-13,17,26H,4-5,14-15H2,1-3H3;(H,3,4)(H,5,6). The van der Waals surface area contributed by atoms with E-state index in [0.717, 1.165) is 24.3 Å². The van der Waals surface area contributed by atoms with Gasteiger partial charge in [-0.25, -0.2) is 9.59 Å². The van der Waals surface area contributed by atoms with Gasteiger partial charge in [0, 0.05) is 19.8 Å². The Bertz CT molecular complexity index is 1160. The molecule has 0 aliphatic carbocycles. The van der Waals surface area contributed by atoms with E-state index in [0.29, 0.717) is 23.2 Å². The lowest BCUT2D eigenvalue weighted by atomic mass is 10.1. The third kappa shape index (κ3) is 7.12. The number of aliphatic hydroxyl groups excluding tert-OH is 1. The zero-order valence-electron chi connectivity index (χ0n) is 19.3. The van der Waals surface area contributed by atoms with Crippen molar-refractivity contribution in [1.29, 1.82) is 0 Å². The molecule has 10 nitrogen and oxygen atoms in total. The van der Waals surface area contributed by atoms with Gasteiger partial charge in [-0.15, -0.1) is 0 Å². The van der Waals surface area contributed by atoms with Crippen LogP contribution in [0.5, 0.6) is 5.75 Å². The summed E-state index contributed by atoms with van der Waals surface area (Å²) < 4.78 is 7.35. The van der Waals surface area contributed by atoms with Crippen LogP contribution >= 0.6 is 0 Å². The number of pyridine rings is 2. The van der Waals surface area contributed by atoms with Crippen LogP contribution in [-0.2, 0) is 16.6 Å². The molecule has 2 heterocycles. The molecule has 0 amide bonds. The fourth-order valence-electron chi connectivity index (χ4n) is 3.25. The lowest BCUT2D eigenvalue weighted by molar-refractivity contribution is -0.159. The molecule has 1 aromatic carbocycles. The topological polar surface area (TPSA) is 142 Å². The van der Waals surface area contributed by atoms with Crippen molar-refractivity contribution in [2.45, 2.75) is 20.0 Å². The average Bonchev–Trinajstić information content (AvgIpc) is 2.84. The molecule has 0 spiro atoms. The summed E-state index contributed by atoms with van der Waals surface area (Å²) in [5.74, 6) is -2.96. The van der Waals surface area contributed by atoms with Gasteiger partial charge in [0.2, 0.25) is 0 Å². The molecule has 10 heteroatoms. The Morgan fingerprint density at radius 3 is 2.26 bits per heavy atom. The first kappa shape index (κ1) is 26.5. The Morgan fingerprint density at radius 2 is 1.71 bits per heavy atom. The fraction of sp³-hybridized carbons (Fsp3) is 0.333. The molecule has 0 saturated heterocycles. The highest BCUT2D eigenvalue weighted by molar-refractivity contribution is 6.27. The van der Waals surface area contributed by atoms with E-state index < -0.39 is 18.0 Å². The Balaban J connectivity index is 0.000000604. The summed E-state index contributed by atoms with van der Waals surface area (Å²) in [5, 5.41) is 25.5. The molecule has 0 aliphatic rings. The number of carboxylic acid groups (broad SMARTS) is 2. The number of nitrogens with zero attached hydrogens (tertiary/aromatic N) is 3. The molecule has 3 aromatic rings. The Kier molecular flexibility index (Phi) is 9.72. The number of aromatic nitrogens is 2. The first-order chi connectivity index (χ1) is 16.2. The number of hydrogen-bond donors (Lipinski definition) is 3. The quantitative estimate of drug-likeness (QED) is 0.419. The minimum atomic E-state index is -1.82. The average molecular weight is 472 g/mol. The molecule has 0 fully saturated rings. The summed E-state index contributed by atoms with van der Waals surface area (Å²) in [6.07, 6.45) is 1.15. The van der Waals surface area contributed by atoms with E-state index in [4.69, 9.17) is 24.5 Å². The molecular weight excluding hydrogens is 442 g/mol. The summed E-state index contributed by atoms with van der Waals surface area (Å²) >= 11 is 0. The number of carboxylic acids is 2. The highest BCUT2D eigenvalue weighted by Crippen LogP contribution is 2.23. The van der Waals surface area contributed by atoms with Crippen molar-refractivity contribution >= 4 is 22.8 Å². The van der Waals surface area contributed by atoms with Crippen molar-refractivity contribution in [2.24, 2.45) is 7.05 Å². The van der Waals surface area contributed by atoms with Crippen LogP contribution in [0.25, 0.3) is 22.2 Å². The molecule has 0 saturated carbocycles. The SMILES string of the molecule is CCN(CC)CC(O)COc1ccc(-c2cc3ncccc3c(=O)n2C)cc1.O=C(O)C(=O)O. The summed E-state index contributed by atoms with van der Waals surface area (Å²) in [5.41, 5.74) is 2.31. The van der Waals surface area contributed by atoms with E-state index in [1.807, 2.05) is 30.3 Å². The van der Waals surface area contributed by atoms with Crippen LogP contribution in [0, 0.1) is 0 Å². The van der Waals surface area contributed by atoms with Crippen LogP contribution in [-0.4, -0.2) is 74.1 Å². The fourth-order valence-corrected chi connectivity index (χ4v) is 3.25. The van der Waals surface area contributed by atoms with Crippen molar-refractivity contribution in [3.05, 3.63) is 59.0 Å². The Morgan fingerprint density at radius 1 is 1.09 bits per heavy atom. The Hall–Kier alpha value is -3.76. The van der Waals surface area contributed by atoms with Gasteiger partial charge >= 0.3 is 11.9 Å². The van der Waals surface area contributed by atoms with E-state index in [2.05, 4.69) is 23.7 Å². The van der Waals surface area contributed by atoms with Gasteiger partial charge in [0.25, 0.3) is 5.56 Å². The molecule has 0 aliphatic heterocycles. The van der Waals surface area contributed by atoms with Crippen LogP contribution < -0.4 is 10.3 Å². The lowest BCUT2D eigenvalue weighted by Crippen LogP contribution is -2.35. The second-order valence-corrected chi connectivity index (χ2v) is 7.42. The van der Waals surface area contributed by atoms with Gasteiger partial charge in [-0.3, -0.25) is 9.78 Å². The van der Waals surface area contributed by atoms with Gasteiger partial charge in [0.1, 0.15) is 18.5 Å². The number of ether oxygens (including phenoxy) is 1. The molecule has 0 bridgehead atoms. The van der Waals surface area contributed by atoms with Gasteiger partial charge in [-0.05, 0) is 61.1 Å². The number of carbonyl (C=O) groups is 2. The van der Waals surface area contributed by atoms with Crippen LogP contribution in [0.15, 0.2) is 53.5 Å². The normalized spacial score (nSPS) is 11.6. The predicted molar refractivity (Wildman–Crippen MR) is 127 cm³/mol. The van der Waals surface area contributed by atoms with Crippen molar-refractivity contribution in [2.75, 3.05) is 26.2 Å². The second kappa shape index (κ2) is 12.5. The molecule has 0 radical (unpaired) electrons. The number of likely N-dealkylation sites (N-methyl/N-ethyl adjacent to an activating group) is 1. The maximum absolute atomic E-state index is 12.6. The minimum absolute atomic E-state index is 0.0690. The summed E-state index contributed by atoms with van der Waals surface area (Å²) in [6, 6.07) is 13.0. The molecule has 1 unspecified atom stereocenters. The number of aliphatic hydroxyl groups is 1. The molecular formula is C24H29N3O7. The van der Waals surface area contributed by atoms with E-state index in [1.165, 1.54) is 0 Å². The monoisotopic (exact) mass is 471 g/mol. The molecule has 3 N–H and O–H groups in total. The van der Waals surface area contributed by atoms with Crippen molar-refractivity contribution in [3.8, 4) is 17.0 Å².